The standard InChI is InChI=1S/C11H6ClF3N2O2/c12-6-1-2-8(7(5-6)11(13,14)15)17-10(18)9-3-4-16-19-9/h1-5H,(H,17,18). The van der Waals surface area contributed by atoms with Gasteiger partial charge in [0.25, 0.3) is 5.91 Å². The van der Waals surface area contributed by atoms with Gasteiger partial charge in [0.1, 0.15) is 0 Å². The monoisotopic (exact) mass is 290 g/mol. The van der Waals surface area contributed by atoms with Crippen molar-refractivity contribution in [3.05, 3.63) is 46.8 Å². The van der Waals surface area contributed by atoms with Crippen LogP contribution in [0.5, 0.6) is 0 Å². The summed E-state index contributed by atoms with van der Waals surface area (Å²) in [6.07, 6.45) is -3.42. The molecule has 0 radical (unpaired) electrons. The third kappa shape index (κ3) is 3.05. The summed E-state index contributed by atoms with van der Waals surface area (Å²) in [7, 11) is 0. The zero-order valence-electron chi connectivity index (χ0n) is 9.16. The van der Waals surface area contributed by atoms with Crippen molar-refractivity contribution in [3.8, 4) is 0 Å². The van der Waals surface area contributed by atoms with Gasteiger partial charge >= 0.3 is 6.18 Å². The Labute approximate surface area is 110 Å². The van der Waals surface area contributed by atoms with Crippen LogP contribution in [-0.2, 0) is 6.18 Å². The lowest BCUT2D eigenvalue weighted by molar-refractivity contribution is -0.136. The number of carbonyl (C=O) groups is 1. The van der Waals surface area contributed by atoms with Crippen LogP contribution >= 0.6 is 11.6 Å². The molecule has 1 aromatic heterocycles. The number of carbonyl (C=O) groups excluding carboxylic acids is 1. The molecule has 1 aromatic carbocycles. The molecule has 0 aliphatic heterocycles. The number of amides is 1. The molecule has 0 spiro atoms. The van der Waals surface area contributed by atoms with Gasteiger partial charge in [0.2, 0.25) is 5.76 Å². The third-order valence-electron chi connectivity index (χ3n) is 2.20. The van der Waals surface area contributed by atoms with Gasteiger partial charge in [0.05, 0.1) is 17.4 Å². The second kappa shape index (κ2) is 4.93. The molecule has 0 unspecified atom stereocenters. The highest BCUT2D eigenvalue weighted by Crippen LogP contribution is 2.36. The number of benzene rings is 1. The van der Waals surface area contributed by atoms with E-state index in [4.69, 9.17) is 11.6 Å². The molecule has 4 nitrogen and oxygen atoms in total. The average molecular weight is 291 g/mol. The molecule has 1 heterocycles. The number of nitrogens with zero attached hydrogens (tertiary/aromatic N) is 1. The lowest BCUT2D eigenvalue weighted by Gasteiger charge is -2.13. The fourth-order valence-corrected chi connectivity index (χ4v) is 1.55. The van der Waals surface area contributed by atoms with Crippen molar-refractivity contribution in [1.82, 2.24) is 5.16 Å². The summed E-state index contributed by atoms with van der Waals surface area (Å²) in [5, 5.41) is 5.31. The van der Waals surface area contributed by atoms with Gasteiger partial charge in [-0.15, -0.1) is 0 Å². The predicted octanol–water partition coefficient (Wildman–Crippen LogP) is 3.60. The summed E-state index contributed by atoms with van der Waals surface area (Å²) in [5.41, 5.74) is -1.44. The largest absolute Gasteiger partial charge is 0.418 e. The Morgan fingerprint density at radius 3 is 2.63 bits per heavy atom. The number of halogens is 4. The molecule has 0 saturated heterocycles. The minimum Gasteiger partial charge on any atom is -0.351 e. The Balaban J connectivity index is 2.33. The van der Waals surface area contributed by atoms with Crippen LogP contribution in [0.25, 0.3) is 0 Å². The van der Waals surface area contributed by atoms with Gasteiger partial charge in [0.15, 0.2) is 0 Å². The summed E-state index contributed by atoms with van der Waals surface area (Å²) in [6, 6.07) is 4.28. The van der Waals surface area contributed by atoms with Crippen LogP contribution in [0.3, 0.4) is 0 Å². The summed E-state index contributed by atoms with van der Waals surface area (Å²) >= 11 is 5.52. The van der Waals surface area contributed by atoms with E-state index in [2.05, 4.69) is 15.0 Å². The Bertz CT molecular complexity index is 596. The Morgan fingerprint density at radius 2 is 2.05 bits per heavy atom. The number of anilines is 1. The van der Waals surface area contributed by atoms with E-state index >= 15 is 0 Å². The molecular formula is C11H6ClF3N2O2. The van der Waals surface area contributed by atoms with Crippen LogP contribution in [0, 0.1) is 0 Å². The van der Waals surface area contributed by atoms with Crippen molar-refractivity contribution >= 4 is 23.2 Å². The number of rotatable bonds is 2. The molecule has 1 N–H and O–H groups in total. The van der Waals surface area contributed by atoms with Gasteiger partial charge < -0.3 is 9.84 Å². The Kier molecular flexibility index (Phi) is 3.48. The zero-order valence-corrected chi connectivity index (χ0v) is 9.92. The SMILES string of the molecule is O=C(Nc1ccc(Cl)cc1C(F)(F)F)c1ccno1. The molecule has 8 heteroatoms. The molecule has 100 valence electrons. The molecular weight excluding hydrogens is 285 g/mol. The predicted molar refractivity (Wildman–Crippen MR) is 60.9 cm³/mol. The van der Waals surface area contributed by atoms with Crippen LogP contribution in [0.1, 0.15) is 16.1 Å². The van der Waals surface area contributed by atoms with Crippen molar-refractivity contribution < 1.29 is 22.5 Å². The second-order valence-corrected chi connectivity index (χ2v) is 3.95. The first-order valence-electron chi connectivity index (χ1n) is 4.96. The maximum absolute atomic E-state index is 12.8. The average Bonchev–Trinajstić information content (AvgIpc) is 2.83. The number of nitrogens with one attached hydrogen (secondary N) is 1. The first-order valence-corrected chi connectivity index (χ1v) is 5.34. The van der Waals surface area contributed by atoms with E-state index in [0.717, 1.165) is 12.1 Å². The minimum absolute atomic E-state index is 0.0787. The Hall–Kier alpha value is -2.02. The van der Waals surface area contributed by atoms with Crippen LogP contribution in [0.4, 0.5) is 18.9 Å². The van der Waals surface area contributed by atoms with Crippen molar-refractivity contribution in [2.75, 3.05) is 5.32 Å². The van der Waals surface area contributed by atoms with E-state index in [1.165, 1.54) is 18.3 Å². The highest BCUT2D eigenvalue weighted by Gasteiger charge is 2.34. The van der Waals surface area contributed by atoms with E-state index in [1.807, 2.05) is 0 Å². The minimum atomic E-state index is -4.63. The van der Waals surface area contributed by atoms with Crippen LogP contribution in [0.2, 0.25) is 5.02 Å². The molecule has 0 saturated carbocycles. The van der Waals surface area contributed by atoms with Gasteiger partial charge in [-0.05, 0) is 18.2 Å². The normalized spacial score (nSPS) is 11.4. The number of aromatic nitrogens is 1. The third-order valence-corrected chi connectivity index (χ3v) is 2.43. The van der Waals surface area contributed by atoms with Gasteiger partial charge in [-0.2, -0.15) is 13.2 Å². The fourth-order valence-electron chi connectivity index (χ4n) is 1.38. The van der Waals surface area contributed by atoms with Gasteiger partial charge in [-0.1, -0.05) is 16.8 Å². The topological polar surface area (TPSA) is 55.1 Å². The quantitative estimate of drug-likeness (QED) is 0.919. The first kappa shape index (κ1) is 13.4. The highest BCUT2D eigenvalue weighted by molar-refractivity contribution is 6.30. The molecule has 0 bridgehead atoms. The molecule has 0 aliphatic carbocycles. The molecule has 0 aliphatic rings. The summed E-state index contributed by atoms with van der Waals surface area (Å²) in [4.78, 5) is 11.6. The molecule has 2 rings (SSSR count). The van der Waals surface area contributed by atoms with Crippen molar-refractivity contribution in [1.29, 1.82) is 0 Å². The van der Waals surface area contributed by atoms with Crippen molar-refractivity contribution in [2.45, 2.75) is 6.18 Å². The van der Waals surface area contributed by atoms with E-state index < -0.39 is 23.3 Å². The Morgan fingerprint density at radius 1 is 1.32 bits per heavy atom. The second-order valence-electron chi connectivity index (χ2n) is 3.52. The summed E-state index contributed by atoms with van der Waals surface area (Å²) in [5.74, 6) is -1.02. The van der Waals surface area contributed by atoms with E-state index in [-0.39, 0.29) is 10.8 Å². The molecule has 2 aromatic rings. The first-order chi connectivity index (χ1) is 8.88. The number of hydrogen-bond donors (Lipinski definition) is 1. The summed E-state index contributed by atoms with van der Waals surface area (Å²) < 4.78 is 42.9. The van der Waals surface area contributed by atoms with E-state index in [9.17, 15) is 18.0 Å². The van der Waals surface area contributed by atoms with Crippen molar-refractivity contribution in [2.24, 2.45) is 0 Å². The van der Waals surface area contributed by atoms with Crippen molar-refractivity contribution in [3.63, 3.8) is 0 Å². The van der Waals surface area contributed by atoms with Crippen LogP contribution < -0.4 is 5.32 Å². The number of hydrogen-bond acceptors (Lipinski definition) is 3. The zero-order chi connectivity index (χ0) is 14.0. The number of alkyl halides is 3. The molecule has 1 amide bonds. The van der Waals surface area contributed by atoms with Crippen LogP contribution in [-0.4, -0.2) is 11.1 Å². The lowest BCUT2D eigenvalue weighted by Crippen LogP contribution is -2.16. The maximum Gasteiger partial charge on any atom is 0.418 e. The molecule has 0 atom stereocenters. The smallest absolute Gasteiger partial charge is 0.351 e. The van der Waals surface area contributed by atoms with Gasteiger partial charge in [-0.3, -0.25) is 4.79 Å². The van der Waals surface area contributed by atoms with E-state index in [1.54, 1.807) is 0 Å². The molecule has 0 fully saturated rings. The van der Waals surface area contributed by atoms with Gasteiger partial charge in [0, 0.05) is 11.1 Å². The van der Waals surface area contributed by atoms with Gasteiger partial charge in [-0.25, -0.2) is 0 Å². The lowest BCUT2D eigenvalue weighted by atomic mass is 10.1. The maximum atomic E-state index is 12.8. The van der Waals surface area contributed by atoms with E-state index in [0.29, 0.717) is 0 Å². The highest BCUT2D eigenvalue weighted by atomic mass is 35.5. The summed E-state index contributed by atoms with van der Waals surface area (Å²) in [6.45, 7) is 0. The van der Waals surface area contributed by atoms with Crippen LogP contribution in [0.15, 0.2) is 35.0 Å². The molecule has 19 heavy (non-hydrogen) atoms. The fraction of sp³-hybridized carbons (Fsp3) is 0.0909.